The standard InChI is InChI=1S/C36H37N9O4/c1-22-13-28-30(43(4)35(22)46)15-26(49-21-23-7-9-44(10-8-23)34-6-5-29(36(47)48)39-40-34)16-31(28)45-12-11-41(2)32-17-27(24(18-37)14-33(32)45)25-19-38-42(3)20-25/h5-6,13-17,19-20,23H,7-12,21H2,1-4H3,(H,47,48). The predicted molar refractivity (Wildman–Crippen MR) is 187 cm³/mol. The molecule has 13 nitrogen and oxygen atoms in total. The van der Waals surface area contributed by atoms with Gasteiger partial charge in [0, 0.05) is 87.7 Å². The molecule has 1 fully saturated rings. The van der Waals surface area contributed by atoms with Gasteiger partial charge in [-0.25, -0.2) is 4.79 Å². The van der Waals surface area contributed by atoms with Crippen LogP contribution in [0.2, 0.25) is 0 Å². The van der Waals surface area contributed by atoms with E-state index in [1.807, 2.05) is 38.4 Å². The van der Waals surface area contributed by atoms with Crippen molar-refractivity contribution in [1.29, 1.82) is 5.26 Å². The maximum atomic E-state index is 13.1. The van der Waals surface area contributed by atoms with Crippen molar-refractivity contribution >= 4 is 39.8 Å². The largest absolute Gasteiger partial charge is 0.493 e. The summed E-state index contributed by atoms with van der Waals surface area (Å²) >= 11 is 0. The molecule has 5 aromatic rings. The van der Waals surface area contributed by atoms with Crippen molar-refractivity contribution in [3.8, 4) is 22.9 Å². The Kier molecular flexibility index (Phi) is 8.15. The molecule has 2 aliphatic heterocycles. The van der Waals surface area contributed by atoms with Crippen LogP contribution in [-0.2, 0) is 14.1 Å². The molecule has 0 unspecified atom stereocenters. The lowest BCUT2D eigenvalue weighted by atomic mass is 9.97. The number of piperidine rings is 1. The number of nitrogens with zero attached hydrogens (tertiary/aromatic N) is 9. The molecule has 1 N–H and O–H groups in total. The third kappa shape index (κ3) is 5.90. The van der Waals surface area contributed by atoms with Crippen LogP contribution in [0, 0.1) is 24.2 Å². The van der Waals surface area contributed by atoms with Gasteiger partial charge in [0.05, 0.1) is 47.0 Å². The first kappa shape index (κ1) is 31.7. The van der Waals surface area contributed by atoms with Gasteiger partial charge in [-0.1, -0.05) is 0 Å². The molecule has 13 heteroatoms. The van der Waals surface area contributed by atoms with E-state index in [0.717, 1.165) is 71.6 Å². The summed E-state index contributed by atoms with van der Waals surface area (Å²) in [5.41, 5.74) is 6.39. The van der Waals surface area contributed by atoms with Crippen molar-refractivity contribution in [3.05, 3.63) is 82.0 Å². The SMILES string of the molecule is Cc1cc2c(N3CCN(C)c4cc(-c5cnn(C)c5)c(C#N)cc43)cc(OCC3CCN(c4ccc(C(=O)O)nn4)CC3)cc2n(C)c1=O. The van der Waals surface area contributed by atoms with Gasteiger partial charge in [-0.15, -0.1) is 10.2 Å². The molecular weight excluding hydrogens is 622 g/mol. The number of likely N-dealkylation sites (N-methyl/N-ethyl adjacent to an activating group) is 1. The van der Waals surface area contributed by atoms with Crippen LogP contribution in [0.1, 0.15) is 34.5 Å². The molecule has 7 rings (SSSR count). The molecule has 0 radical (unpaired) electrons. The molecule has 2 aromatic carbocycles. The maximum Gasteiger partial charge on any atom is 0.356 e. The molecule has 0 saturated carbocycles. The number of carbonyl (C=O) groups is 1. The molecular formula is C36H37N9O4. The number of ether oxygens (including phenoxy) is 1. The first-order chi connectivity index (χ1) is 23.6. The Balaban J connectivity index is 1.20. The van der Waals surface area contributed by atoms with E-state index in [4.69, 9.17) is 9.84 Å². The molecule has 0 spiro atoms. The number of fused-ring (bicyclic) bond motifs is 2. The van der Waals surface area contributed by atoms with Crippen molar-refractivity contribution in [1.82, 2.24) is 24.5 Å². The number of aromatic carboxylic acids is 1. The van der Waals surface area contributed by atoms with Crippen LogP contribution in [0.25, 0.3) is 22.0 Å². The Bertz CT molecular complexity index is 2180. The minimum absolute atomic E-state index is 0.0610. The number of anilines is 4. The topological polar surface area (TPSA) is 146 Å². The quantitative estimate of drug-likeness (QED) is 0.264. The van der Waals surface area contributed by atoms with Gasteiger partial charge in [0.25, 0.3) is 5.56 Å². The van der Waals surface area contributed by atoms with Gasteiger partial charge >= 0.3 is 5.97 Å². The van der Waals surface area contributed by atoms with Crippen molar-refractivity contribution in [2.75, 3.05) is 54.5 Å². The zero-order chi connectivity index (χ0) is 34.4. The third-order valence-corrected chi connectivity index (χ3v) is 9.67. The Morgan fingerprint density at radius 1 is 1.00 bits per heavy atom. The van der Waals surface area contributed by atoms with Gasteiger partial charge in [0.2, 0.25) is 0 Å². The molecule has 0 amide bonds. The summed E-state index contributed by atoms with van der Waals surface area (Å²) in [5, 5.41) is 32.5. The highest BCUT2D eigenvalue weighted by atomic mass is 16.5. The van der Waals surface area contributed by atoms with Crippen LogP contribution in [0.4, 0.5) is 22.9 Å². The molecule has 0 atom stereocenters. The maximum absolute atomic E-state index is 13.1. The Morgan fingerprint density at radius 2 is 1.80 bits per heavy atom. The number of carboxylic acids is 1. The summed E-state index contributed by atoms with van der Waals surface area (Å²) in [7, 11) is 5.71. The first-order valence-electron chi connectivity index (χ1n) is 16.3. The Morgan fingerprint density at radius 3 is 2.47 bits per heavy atom. The number of aromatic nitrogens is 5. The summed E-state index contributed by atoms with van der Waals surface area (Å²) in [6.07, 6.45) is 5.44. The lowest BCUT2D eigenvalue weighted by Gasteiger charge is -2.38. The lowest BCUT2D eigenvalue weighted by Crippen LogP contribution is -2.37. The van der Waals surface area contributed by atoms with E-state index in [-0.39, 0.29) is 11.3 Å². The molecule has 2 aliphatic rings. The summed E-state index contributed by atoms with van der Waals surface area (Å²) in [6.45, 7) is 5.29. The van der Waals surface area contributed by atoms with Crippen LogP contribution in [0.15, 0.2) is 59.7 Å². The van der Waals surface area contributed by atoms with E-state index in [0.29, 0.717) is 41.8 Å². The highest BCUT2D eigenvalue weighted by Gasteiger charge is 2.28. The van der Waals surface area contributed by atoms with Gasteiger partial charge in [-0.3, -0.25) is 9.48 Å². The highest BCUT2D eigenvalue weighted by molar-refractivity contribution is 5.98. The summed E-state index contributed by atoms with van der Waals surface area (Å²) in [5.74, 6) is 0.545. The van der Waals surface area contributed by atoms with Crippen LogP contribution in [0.5, 0.6) is 5.75 Å². The summed E-state index contributed by atoms with van der Waals surface area (Å²) < 4.78 is 9.91. The molecule has 1 saturated heterocycles. The number of hydrogen-bond donors (Lipinski definition) is 1. The van der Waals surface area contributed by atoms with Crippen molar-refractivity contribution in [2.45, 2.75) is 19.8 Å². The molecule has 250 valence electrons. The Labute approximate surface area is 283 Å². The first-order valence-corrected chi connectivity index (χ1v) is 16.3. The number of nitriles is 1. The normalized spacial score (nSPS) is 15.0. The fourth-order valence-electron chi connectivity index (χ4n) is 6.86. The summed E-state index contributed by atoms with van der Waals surface area (Å²) in [6, 6.07) is 15.5. The molecule has 0 bridgehead atoms. The fourth-order valence-corrected chi connectivity index (χ4v) is 6.86. The number of aryl methyl sites for hydroxylation is 3. The smallest absolute Gasteiger partial charge is 0.356 e. The van der Waals surface area contributed by atoms with Crippen molar-refractivity contribution in [2.24, 2.45) is 20.0 Å². The predicted octanol–water partition coefficient (Wildman–Crippen LogP) is 4.49. The van der Waals surface area contributed by atoms with E-state index < -0.39 is 5.97 Å². The van der Waals surface area contributed by atoms with Gasteiger partial charge < -0.3 is 29.1 Å². The second kappa shape index (κ2) is 12.6. The fraction of sp³-hybridized carbons (Fsp3) is 0.333. The average Bonchev–Trinajstić information content (AvgIpc) is 3.55. The molecule has 0 aliphatic carbocycles. The van der Waals surface area contributed by atoms with Crippen LogP contribution >= 0.6 is 0 Å². The van der Waals surface area contributed by atoms with Crippen molar-refractivity contribution < 1.29 is 14.6 Å². The summed E-state index contributed by atoms with van der Waals surface area (Å²) in [4.78, 5) is 30.8. The minimum atomic E-state index is -1.10. The number of rotatable bonds is 7. The monoisotopic (exact) mass is 659 g/mol. The van der Waals surface area contributed by atoms with E-state index in [9.17, 15) is 14.9 Å². The zero-order valence-corrected chi connectivity index (χ0v) is 27.9. The second-order valence-corrected chi connectivity index (χ2v) is 12.9. The minimum Gasteiger partial charge on any atom is -0.493 e. The second-order valence-electron chi connectivity index (χ2n) is 12.9. The zero-order valence-electron chi connectivity index (χ0n) is 27.9. The van der Waals surface area contributed by atoms with Crippen LogP contribution in [-0.4, -0.2) is 75.5 Å². The average molecular weight is 660 g/mol. The third-order valence-electron chi connectivity index (χ3n) is 9.67. The molecule has 3 aromatic heterocycles. The van der Waals surface area contributed by atoms with E-state index in [2.05, 4.69) is 55.2 Å². The van der Waals surface area contributed by atoms with Gasteiger partial charge in [-0.05, 0) is 56.0 Å². The van der Waals surface area contributed by atoms with E-state index in [1.54, 1.807) is 28.6 Å². The van der Waals surface area contributed by atoms with Gasteiger partial charge in [0.15, 0.2) is 11.5 Å². The number of hydrogen-bond acceptors (Lipinski definition) is 10. The highest BCUT2D eigenvalue weighted by Crippen LogP contribution is 2.44. The van der Waals surface area contributed by atoms with Crippen LogP contribution in [0.3, 0.4) is 0 Å². The van der Waals surface area contributed by atoms with Gasteiger partial charge in [0.1, 0.15) is 5.75 Å². The van der Waals surface area contributed by atoms with Gasteiger partial charge in [-0.2, -0.15) is 10.4 Å². The number of benzene rings is 2. The lowest BCUT2D eigenvalue weighted by molar-refractivity contribution is 0.0689. The molecule has 49 heavy (non-hydrogen) atoms. The van der Waals surface area contributed by atoms with E-state index >= 15 is 0 Å². The number of carboxylic acid groups (broad SMARTS) is 1. The van der Waals surface area contributed by atoms with Crippen LogP contribution < -0.4 is 25.0 Å². The number of pyridine rings is 1. The van der Waals surface area contributed by atoms with E-state index in [1.165, 1.54) is 6.07 Å². The van der Waals surface area contributed by atoms with Crippen molar-refractivity contribution in [3.63, 3.8) is 0 Å². The Hall–Kier alpha value is -5.90. The molecule has 5 heterocycles.